The van der Waals surface area contributed by atoms with Crippen molar-refractivity contribution in [2.45, 2.75) is 31.5 Å². The van der Waals surface area contributed by atoms with Gasteiger partial charge in [-0.1, -0.05) is 15.9 Å². The molecule has 21 heavy (non-hydrogen) atoms. The minimum absolute atomic E-state index is 0.303. The second-order valence-corrected chi connectivity index (χ2v) is 6.75. The molecule has 0 saturated carbocycles. The highest BCUT2D eigenvalue weighted by molar-refractivity contribution is 9.10. The molecule has 5 heteroatoms. The number of rotatable bonds is 5. The van der Waals surface area contributed by atoms with Gasteiger partial charge < -0.3 is 14.8 Å². The van der Waals surface area contributed by atoms with Crippen molar-refractivity contribution < 1.29 is 9.47 Å². The number of nitrogens with one attached hydrogen (secondary N) is 1. The first-order valence-corrected chi connectivity index (χ1v) is 8.44. The molecule has 2 atom stereocenters. The van der Waals surface area contributed by atoms with E-state index in [9.17, 15) is 0 Å². The Balaban J connectivity index is 1.49. The molecule has 4 nitrogen and oxygen atoms in total. The van der Waals surface area contributed by atoms with Gasteiger partial charge in [0, 0.05) is 35.7 Å². The van der Waals surface area contributed by atoms with E-state index in [2.05, 4.69) is 32.2 Å². The van der Waals surface area contributed by atoms with Crippen LogP contribution in [0.4, 0.5) is 0 Å². The van der Waals surface area contributed by atoms with Gasteiger partial charge in [-0.15, -0.1) is 0 Å². The van der Waals surface area contributed by atoms with Gasteiger partial charge in [-0.3, -0.25) is 4.90 Å². The summed E-state index contributed by atoms with van der Waals surface area (Å²) in [6.45, 7) is 4.88. The smallest absolute Gasteiger partial charge is 0.123 e. The third kappa shape index (κ3) is 3.77. The number of nitrogens with zero attached hydrogens (tertiary/aromatic N) is 1. The summed E-state index contributed by atoms with van der Waals surface area (Å²) in [6.07, 6.45) is 2.93. The lowest BCUT2D eigenvalue weighted by Crippen LogP contribution is -2.49. The fourth-order valence-corrected chi connectivity index (χ4v) is 3.67. The Labute approximate surface area is 134 Å². The van der Waals surface area contributed by atoms with Gasteiger partial charge in [0.15, 0.2) is 0 Å². The van der Waals surface area contributed by atoms with E-state index in [4.69, 9.17) is 9.47 Å². The molecule has 2 unspecified atom stereocenters. The minimum atomic E-state index is 0.303. The third-order valence-electron chi connectivity index (χ3n) is 4.39. The topological polar surface area (TPSA) is 33.7 Å². The minimum Gasteiger partial charge on any atom is -0.496 e. The van der Waals surface area contributed by atoms with Crippen LogP contribution < -0.4 is 10.1 Å². The summed E-state index contributed by atoms with van der Waals surface area (Å²) >= 11 is 3.51. The van der Waals surface area contributed by atoms with Crippen molar-refractivity contribution in [1.82, 2.24) is 10.2 Å². The van der Waals surface area contributed by atoms with Crippen molar-refractivity contribution in [3.8, 4) is 5.75 Å². The molecule has 116 valence electrons. The third-order valence-corrected chi connectivity index (χ3v) is 4.88. The maximum Gasteiger partial charge on any atom is 0.123 e. The van der Waals surface area contributed by atoms with Gasteiger partial charge in [0.2, 0.25) is 0 Å². The van der Waals surface area contributed by atoms with Crippen LogP contribution in [0, 0.1) is 0 Å². The van der Waals surface area contributed by atoms with E-state index in [1.165, 1.54) is 24.9 Å². The van der Waals surface area contributed by atoms with Gasteiger partial charge in [0.05, 0.1) is 19.8 Å². The monoisotopic (exact) mass is 354 g/mol. The zero-order valence-corrected chi connectivity index (χ0v) is 14.1. The first kappa shape index (κ1) is 15.3. The summed E-state index contributed by atoms with van der Waals surface area (Å²) in [5.41, 5.74) is 1.17. The molecule has 2 fully saturated rings. The number of methoxy groups -OCH3 is 1. The van der Waals surface area contributed by atoms with Crippen molar-refractivity contribution in [2.75, 3.05) is 33.4 Å². The van der Waals surface area contributed by atoms with E-state index in [-0.39, 0.29) is 0 Å². The highest BCUT2D eigenvalue weighted by Gasteiger charge is 2.31. The highest BCUT2D eigenvalue weighted by atomic mass is 79.9. The lowest BCUT2D eigenvalue weighted by atomic mass is 10.1. The van der Waals surface area contributed by atoms with E-state index >= 15 is 0 Å². The molecule has 0 aromatic heterocycles. The standard InChI is InChI=1S/C16H23BrN2O2/c1-20-16-5-4-13(17)7-12(16)8-18-9-15-10-19-6-2-3-14(19)11-21-15/h4-5,7,14-15,18H,2-3,6,8-11H2,1H3. The van der Waals surface area contributed by atoms with Crippen molar-refractivity contribution in [1.29, 1.82) is 0 Å². The summed E-state index contributed by atoms with van der Waals surface area (Å²) in [7, 11) is 1.71. The van der Waals surface area contributed by atoms with Crippen molar-refractivity contribution in [3.63, 3.8) is 0 Å². The number of ether oxygens (including phenoxy) is 2. The van der Waals surface area contributed by atoms with Crippen molar-refractivity contribution >= 4 is 15.9 Å². The Morgan fingerprint density at radius 2 is 2.38 bits per heavy atom. The summed E-state index contributed by atoms with van der Waals surface area (Å²) in [5.74, 6) is 0.926. The molecule has 0 bridgehead atoms. The molecule has 1 aromatic rings. The van der Waals surface area contributed by atoms with Crippen LogP contribution in [-0.4, -0.2) is 50.4 Å². The molecule has 0 spiro atoms. The van der Waals surface area contributed by atoms with Crippen LogP contribution >= 0.6 is 15.9 Å². The Kier molecular flexibility index (Phi) is 5.16. The van der Waals surface area contributed by atoms with E-state index < -0.39 is 0 Å². The molecule has 2 heterocycles. The van der Waals surface area contributed by atoms with Crippen molar-refractivity contribution in [3.05, 3.63) is 28.2 Å². The average Bonchev–Trinajstić information content (AvgIpc) is 2.95. The van der Waals surface area contributed by atoms with Crippen LogP contribution in [0.5, 0.6) is 5.75 Å². The molecule has 0 radical (unpaired) electrons. The Morgan fingerprint density at radius 1 is 1.48 bits per heavy atom. The quantitative estimate of drug-likeness (QED) is 0.880. The van der Waals surface area contributed by atoms with Crippen LogP contribution in [0.2, 0.25) is 0 Å². The van der Waals surface area contributed by atoms with Crippen LogP contribution in [0.1, 0.15) is 18.4 Å². The zero-order valence-electron chi connectivity index (χ0n) is 12.5. The molecule has 2 saturated heterocycles. The van der Waals surface area contributed by atoms with E-state index in [0.29, 0.717) is 12.1 Å². The van der Waals surface area contributed by atoms with Crippen LogP contribution in [0.3, 0.4) is 0 Å². The summed E-state index contributed by atoms with van der Waals surface area (Å²) in [4.78, 5) is 2.58. The number of morpholine rings is 1. The summed E-state index contributed by atoms with van der Waals surface area (Å²) < 4.78 is 12.4. The first-order valence-electron chi connectivity index (χ1n) is 7.65. The van der Waals surface area contributed by atoms with E-state index in [0.717, 1.165) is 36.5 Å². The number of hydrogen-bond acceptors (Lipinski definition) is 4. The zero-order chi connectivity index (χ0) is 14.7. The molecule has 2 aliphatic rings. The van der Waals surface area contributed by atoms with Gasteiger partial charge in [0.25, 0.3) is 0 Å². The molecule has 3 rings (SSSR count). The molecular formula is C16H23BrN2O2. The van der Waals surface area contributed by atoms with Gasteiger partial charge in [0.1, 0.15) is 5.75 Å². The maximum atomic E-state index is 5.97. The number of hydrogen-bond donors (Lipinski definition) is 1. The first-order chi connectivity index (χ1) is 10.3. The fraction of sp³-hybridized carbons (Fsp3) is 0.625. The maximum absolute atomic E-state index is 5.97. The van der Waals surface area contributed by atoms with Gasteiger partial charge >= 0.3 is 0 Å². The summed E-state index contributed by atoms with van der Waals surface area (Å²) in [6, 6.07) is 6.77. The Morgan fingerprint density at radius 3 is 3.24 bits per heavy atom. The molecule has 1 aromatic carbocycles. The van der Waals surface area contributed by atoms with E-state index in [1.807, 2.05) is 12.1 Å². The average molecular weight is 355 g/mol. The molecule has 0 amide bonds. The lowest BCUT2D eigenvalue weighted by molar-refractivity contribution is -0.0470. The second kappa shape index (κ2) is 7.09. The highest BCUT2D eigenvalue weighted by Crippen LogP contribution is 2.24. The van der Waals surface area contributed by atoms with Gasteiger partial charge in [-0.2, -0.15) is 0 Å². The molecular weight excluding hydrogens is 332 g/mol. The van der Waals surface area contributed by atoms with Gasteiger partial charge in [-0.05, 0) is 37.6 Å². The van der Waals surface area contributed by atoms with Crippen LogP contribution in [0.25, 0.3) is 0 Å². The number of fused-ring (bicyclic) bond motifs is 1. The molecule has 1 N–H and O–H groups in total. The summed E-state index contributed by atoms with van der Waals surface area (Å²) in [5, 5.41) is 3.50. The number of benzene rings is 1. The second-order valence-electron chi connectivity index (χ2n) is 5.83. The fourth-order valence-electron chi connectivity index (χ4n) is 3.26. The van der Waals surface area contributed by atoms with Gasteiger partial charge in [-0.25, -0.2) is 0 Å². The molecule has 0 aliphatic carbocycles. The van der Waals surface area contributed by atoms with Crippen LogP contribution in [-0.2, 0) is 11.3 Å². The van der Waals surface area contributed by atoms with Crippen LogP contribution in [0.15, 0.2) is 22.7 Å². The Bertz CT molecular complexity index is 483. The van der Waals surface area contributed by atoms with Crippen molar-refractivity contribution in [2.24, 2.45) is 0 Å². The normalized spacial score (nSPS) is 25.8. The lowest BCUT2D eigenvalue weighted by Gasteiger charge is -2.35. The van der Waals surface area contributed by atoms with E-state index in [1.54, 1.807) is 7.11 Å². The predicted octanol–water partition coefficient (Wildman–Crippen LogP) is 2.41. The molecule has 2 aliphatic heterocycles. The Hall–Kier alpha value is -0.620. The predicted molar refractivity (Wildman–Crippen MR) is 86.7 cm³/mol. The SMILES string of the molecule is COc1ccc(Br)cc1CNCC1CN2CCCC2CO1. The largest absolute Gasteiger partial charge is 0.496 e. The number of halogens is 1.